The van der Waals surface area contributed by atoms with Crippen molar-refractivity contribution in [2.24, 2.45) is 0 Å². The number of rotatable bonds is 1. The van der Waals surface area contributed by atoms with E-state index in [1.165, 1.54) is 6.07 Å². The third-order valence-electron chi connectivity index (χ3n) is 2.83. The molecule has 1 N–H and O–H groups in total. The van der Waals surface area contributed by atoms with Gasteiger partial charge in [0, 0.05) is 6.20 Å². The number of pyridine rings is 1. The SMILES string of the molecule is Cc1cnc2c(c1)[nH]c(=S)n2-c1cccc(Cl)c1F. The Morgan fingerprint density at radius 1 is 1.42 bits per heavy atom. The number of nitrogens with one attached hydrogen (secondary N) is 1. The van der Waals surface area contributed by atoms with Crippen LogP contribution in [0, 0.1) is 17.5 Å². The second kappa shape index (κ2) is 4.43. The van der Waals surface area contributed by atoms with E-state index in [0.29, 0.717) is 16.1 Å². The van der Waals surface area contributed by atoms with Gasteiger partial charge in [-0.15, -0.1) is 0 Å². The van der Waals surface area contributed by atoms with E-state index in [1.54, 1.807) is 22.9 Å². The number of nitrogens with zero attached hydrogens (tertiary/aromatic N) is 2. The lowest BCUT2D eigenvalue weighted by Gasteiger charge is -2.06. The zero-order valence-corrected chi connectivity index (χ0v) is 11.5. The molecule has 0 amide bonds. The van der Waals surface area contributed by atoms with Gasteiger partial charge in [0.25, 0.3) is 0 Å². The average molecular weight is 294 g/mol. The van der Waals surface area contributed by atoms with E-state index >= 15 is 0 Å². The van der Waals surface area contributed by atoms with E-state index in [4.69, 9.17) is 23.8 Å². The molecule has 0 radical (unpaired) electrons. The normalized spacial score (nSPS) is 11.1. The van der Waals surface area contributed by atoms with Gasteiger partial charge in [0.2, 0.25) is 0 Å². The van der Waals surface area contributed by atoms with Gasteiger partial charge in [-0.05, 0) is 42.9 Å². The number of halogens is 2. The Bertz CT molecular complexity index is 838. The van der Waals surface area contributed by atoms with Crippen molar-refractivity contribution in [3.05, 3.63) is 51.6 Å². The molecule has 3 nitrogen and oxygen atoms in total. The molecule has 0 bridgehead atoms. The average Bonchev–Trinajstić information content (AvgIpc) is 2.68. The van der Waals surface area contributed by atoms with E-state index in [-0.39, 0.29) is 5.02 Å². The minimum Gasteiger partial charge on any atom is -0.329 e. The first-order valence-corrected chi connectivity index (χ1v) is 6.38. The van der Waals surface area contributed by atoms with E-state index in [9.17, 15) is 4.39 Å². The summed E-state index contributed by atoms with van der Waals surface area (Å²) in [5, 5.41) is 0.0564. The number of hydrogen-bond donors (Lipinski definition) is 1. The molecule has 0 aliphatic heterocycles. The van der Waals surface area contributed by atoms with Crippen LogP contribution in [0.1, 0.15) is 5.56 Å². The smallest absolute Gasteiger partial charge is 0.184 e. The maximum Gasteiger partial charge on any atom is 0.184 e. The summed E-state index contributed by atoms with van der Waals surface area (Å²) in [7, 11) is 0. The van der Waals surface area contributed by atoms with Gasteiger partial charge in [-0.2, -0.15) is 0 Å². The van der Waals surface area contributed by atoms with Crippen molar-refractivity contribution in [2.75, 3.05) is 0 Å². The first-order chi connectivity index (χ1) is 9.08. The van der Waals surface area contributed by atoms with Crippen molar-refractivity contribution in [2.45, 2.75) is 6.92 Å². The highest BCUT2D eigenvalue weighted by atomic mass is 35.5. The van der Waals surface area contributed by atoms with Crippen LogP contribution in [0.25, 0.3) is 16.9 Å². The minimum atomic E-state index is -0.511. The molecule has 0 unspecified atom stereocenters. The number of aromatic nitrogens is 3. The van der Waals surface area contributed by atoms with E-state index in [0.717, 1.165) is 11.1 Å². The fourth-order valence-electron chi connectivity index (χ4n) is 1.99. The Labute approximate surface area is 118 Å². The van der Waals surface area contributed by atoms with Crippen LogP contribution in [0.3, 0.4) is 0 Å². The Morgan fingerprint density at radius 3 is 3.00 bits per heavy atom. The van der Waals surface area contributed by atoms with Gasteiger partial charge < -0.3 is 4.98 Å². The van der Waals surface area contributed by atoms with Crippen molar-refractivity contribution < 1.29 is 4.39 Å². The number of benzene rings is 1. The fraction of sp³-hybridized carbons (Fsp3) is 0.0769. The molecule has 0 fully saturated rings. The highest BCUT2D eigenvalue weighted by Gasteiger charge is 2.13. The summed E-state index contributed by atoms with van der Waals surface area (Å²) in [6.45, 7) is 1.93. The molecule has 96 valence electrons. The molecule has 3 aromatic rings. The maximum absolute atomic E-state index is 14.1. The standard InChI is InChI=1S/C13H9ClFN3S/c1-7-5-9-12(16-6-7)18(13(19)17-9)10-4-2-3-8(14)11(10)15/h2-6H,1H3,(H,17,19). The third kappa shape index (κ3) is 1.95. The molecule has 0 spiro atoms. The Kier molecular flexibility index (Phi) is 2.88. The highest BCUT2D eigenvalue weighted by Crippen LogP contribution is 2.24. The van der Waals surface area contributed by atoms with Crippen LogP contribution < -0.4 is 0 Å². The van der Waals surface area contributed by atoms with Gasteiger partial charge in [-0.3, -0.25) is 4.57 Å². The molecule has 6 heteroatoms. The Morgan fingerprint density at radius 2 is 2.21 bits per heavy atom. The van der Waals surface area contributed by atoms with Crippen molar-refractivity contribution >= 4 is 35.0 Å². The maximum atomic E-state index is 14.1. The molecule has 19 heavy (non-hydrogen) atoms. The van der Waals surface area contributed by atoms with Gasteiger partial charge >= 0.3 is 0 Å². The highest BCUT2D eigenvalue weighted by molar-refractivity contribution is 7.71. The topological polar surface area (TPSA) is 33.6 Å². The van der Waals surface area contributed by atoms with Crippen LogP contribution in [-0.4, -0.2) is 14.5 Å². The predicted octanol–water partition coefficient (Wildman–Crippen LogP) is 4.18. The summed E-state index contributed by atoms with van der Waals surface area (Å²) in [4.78, 5) is 7.32. The number of aryl methyl sites for hydroxylation is 1. The predicted molar refractivity (Wildman–Crippen MR) is 76.0 cm³/mol. The largest absolute Gasteiger partial charge is 0.329 e. The lowest BCUT2D eigenvalue weighted by atomic mass is 10.3. The van der Waals surface area contributed by atoms with Crippen molar-refractivity contribution in [1.29, 1.82) is 0 Å². The number of fused-ring (bicyclic) bond motifs is 1. The monoisotopic (exact) mass is 293 g/mol. The van der Waals surface area contributed by atoms with Crippen LogP contribution in [-0.2, 0) is 0 Å². The van der Waals surface area contributed by atoms with Crippen LogP contribution in [0.5, 0.6) is 0 Å². The molecule has 2 heterocycles. The second-order valence-electron chi connectivity index (χ2n) is 4.22. The van der Waals surface area contributed by atoms with Crippen LogP contribution in [0.15, 0.2) is 30.5 Å². The molecular weight excluding hydrogens is 285 g/mol. The molecular formula is C13H9ClFN3S. The van der Waals surface area contributed by atoms with Crippen LogP contribution in [0.4, 0.5) is 4.39 Å². The summed E-state index contributed by atoms with van der Waals surface area (Å²) < 4.78 is 16.0. The molecule has 3 rings (SSSR count). The zero-order chi connectivity index (χ0) is 13.6. The zero-order valence-electron chi connectivity index (χ0n) is 9.95. The minimum absolute atomic E-state index is 0.0564. The Balaban J connectivity index is 2.40. The first-order valence-electron chi connectivity index (χ1n) is 5.59. The van der Waals surface area contributed by atoms with Gasteiger partial charge in [0.15, 0.2) is 16.2 Å². The molecule has 0 aliphatic carbocycles. The first kappa shape index (κ1) is 12.3. The van der Waals surface area contributed by atoms with Crippen molar-refractivity contribution in [3.8, 4) is 5.69 Å². The van der Waals surface area contributed by atoms with Gasteiger partial charge in [0.05, 0.1) is 16.2 Å². The summed E-state index contributed by atoms with van der Waals surface area (Å²) >= 11 is 11.0. The summed E-state index contributed by atoms with van der Waals surface area (Å²) in [6.07, 6.45) is 1.71. The summed E-state index contributed by atoms with van der Waals surface area (Å²) in [6, 6.07) is 6.70. The number of imidazole rings is 1. The van der Waals surface area contributed by atoms with Gasteiger partial charge in [0.1, 0.15) is 0 Å². The summed E-state index contributed by atoms with van der Waals surface area (Å²) in [5.41, 5.74) is 2.64. The van der Waals surface area contributed by atoms with Crippen molar-refractivity contribution in [3.63, 3.8) is 0 Å². The molecule has 0 saturated heterocycles. The fourth-order valence-corrected chi connectivity index (χ4v) is 2.45. The van der Waals surface area contributed by atoms with Gasteiger partial charge in [-0.1, -0.05) is 17.7 Å². The van der Waals surface area contributed by atoms with E-state index in [1.807, 2.05) is 13.0 Å². The lowest BCUT2D eigenvalue weighted by Crippen LogP contribution is -1.99. The molecule has 0 atom stereocenters. The Hall–Kier alpha value is -1.72. The van der Waals surface area contributed by atoms with Gasteiger partial charge in [-0.25, -0.2) is 9.37 Å². The number of aromatic amines is 1. The molecule has 1 aromatic carbocycles. The molecule has 2 aromatic heterocycles. The number of hydrogen-bond acceptors (Lipinski definition) is 2. The van der Waals surface area contributed by atoms with Crippen molar-refractivity contribution in [1.82, 2.24) is 14.5 Å². The molecule has 0 saturated carbocycles. The quantitative estimate of drug-likeness (QED) is 0.683. The second-order valence-corrected chi connectivity index (χ2v) is 5.02. The molecule has 0 aliphatic rings. The van der Waals surface area contributed by atoms with E-state index < -0.39 is 5.82 Å². The number of H-pyrrole nitrogens is 1. The van der Waals surface area contributed by atoms with Crippen LogP contribution >= 0.6 is 23.8 Å². The third-order valence-corrected chi connectivity index (χ3v) is 3.41. The summed E-state index contributed by atoms with van der Waals surface area (Å²) in [5.74, 6) is -0.511. The van der Waals surface area contributed by atoms with E-state index in [2.05, 4.69) is 9.97 Å². The lowest BCUT2D eigenvalue weighted by molar-refractivity contribution is 0.619. The van der Waals surface area contributed by atoms with Crippen LogP contribution in [0.2, 0.25) is 5.02 Å².